The first-order valence-electron chi connectivity index (χ1n) is 11.1. The van der Waals surface area contributed by atoms with Gasteiger partial charge in [0.25, 0.3) is 11.8 Å². The molecule has 2 bridgehead atoms. The topological polar surface area (TPSA) is 70.7 Å². The summed E-state index contributed by atoms with van der Waals surface area (Å²) in [5, 5.41) is 6.77. The summed E-state index contributed by atoms with van der Waals surface area (Å²) in [6.45, 7) is 4.25. The first-order valence-corrected chi connectivity index (χ1v) is 11.1. The van der Waals surface area contributed by atoms with Crippen LogP contribution in [0.2, 0.25) is 0 Å². The third kappa shape index (κ3) is 4.74. The van der Waals surface area contributed by atoms with Crippen molar-refractivity contribution >= 4 is 11.8 Å². The molecule has 29 heavy (non-hydrogen) atoms. The quantitative estimate of drug-likeness (QED) is 0.799. The monoisotopic (exact) mass is 399 g/mol. The number of amides is 2. The van der Waals surface area contributed by atoms with Crippen molar-refractivity contribution in [1.29, 1.82) is 0 Å². The smallest absolute Gasteiger partial charge is 0.260 e. The Morgan fingerprint density at radius 2 is 1.66 bits per heavy atom. The van der Waals surface area contributed by atoms with Crippen LogP contribution in [0.5, 0.6) is 5.75 Å². The number of fused-ring (bicyclic) bond motifs is 2. The number of nitrogens with zero attached hydrogens (tertiary/aromatic N) is 1. The van der Waals surface area contributed by atoms with Gasteiger partial charge >= 0.3 is 0 Å². The lowest BCUT2D eigenvalue weighted by Crippen LogP contribution is -2.49. The molecular formula is C23H33N3O3. The van der Waals surface area contributed by atoms with Crippen LogP contribution in [0.4, 0.5) is 0 Å². The normalized spacial score (nSPS) is 31.4. The largest absolute Gasteiger partial charge is 0.484 e. The Morgan fingerprint density at radius 3 is 2.28 bits per heavy atom. The van der Waals surface area contributed by atoms with Gasteiger partial charge in [0.15, 0.2) is 6.61 Å². The van der Waals surface area contributed by atoms with Gasteiger partial charge in [0.2, 0.25) is 0 Å². The predicted molar refractivity (Wildman–Crippen MR) is 112 cm³/mol. The lowest BCUT2D eigenvalue weighted by molar-refractivity contribution is -0.139. The summed E-state index contributed by atoms with van der Waals surface area (Å²) >= 11 is 0. The molecule has 2 N–H and O–H groups in total. The molecule has 4 atom stereocenters. The SMILES string of the molecule is CC1CCCC(C)N1C(=O)COc1ccc(C(=O)NC2CC3CCC(C2)N3)cc1. The fraction of sp³-hybridized carbons (Fsp3) is 0.652. The predicted octanol–water partition coefficient (Wildman–Crippen LogP) is 2.87. The van der Waals surface area contributed by atoms with Crippen LogP contribution in [-0.4, -0.2) is 53.5 Å². The van der Waals surface area contributed by atoms with E-state index in [1.165, 1.54) is 19.3 Å². The van der Waals surface area contributed by atoms with Crippen molar-refractivity contribution in [3.8, 4) is 5.75 Å². The second kappa shape index (κ2) is 8.74. The highest BCUT2D eigenvalue weighted by atomic mass is 16.5. The third-order valence-electron chi connectivity index (χ3n) is 6.77. The minimum atomic E-state index is -0.0325. The minimum absolute atomic E-state index is 0.0325. The summed E-state index contributed by atoms with van der Waals surface area (Å²) in [5.74, 6) is 0.620. The van der Waals surface area contributed by atoms with E-state index >= 15 is 0 Å². The van der Waals surface area contributed by atoms with E-state index in [9.17, 15) is 9.59 Å². The van der Waals surface area contributed by atoms with E-state index < -0.39 is 0 Å². The molecule has 158 valence electrons. The summed E-state index contributed by atoms with van der Waals surface area (Å²) in [5.41, 5.74) is 0.632. The van der Waals surface area contributed by atoms with Gasteiger partial charge in [0, 0.05) is 35.8 Å². The van der Waals surface area contributed by atoms with Gasteiger partial charge in [-0.3, -0.25) is 9.59 Å². The first-order chi connectivity index (χ1) is 14.0. The minimum Gasteiger partial charge on any atom is -0.484 e. The molecule has 0 spiro atoms. The average Bonchev–Trinajstić information content (AvgIpc) is 3.04. The summed E-state index contributed by atoms with van der Waals surface area (Å²) < 4.78 is 5.71. The molecule has 1 aromatic carbocycles. The number of ether oxygens (including phenoxy) is 1. The Balaban J connectivity index is 1.27. The molecule has 2 amide bonds. The number of hydrogen-bond donors (Lipinski definition) is 2. The van der Waals surface area contributed by atoms with E-state index in [-0.39, 0.29) is 36.5 Å². The number of carbonyl (C=O) groups is 2. The molecule has 3 heterocycles. The molecule has 0 aromatic heterocycles. The number of rotatable bonds is 5. The highest BCUT2D eigenvalue weighted by Crippen LogP contribution is 2.27. The van der Waals surface area contributed by atoms with Gasteiger partial charge in [-0.25, -0.2) is 0 Å². The van der Waals surface area contributed by atoms with E-state index in [0.717, 1.165) is 25.7 Å². The zero-order valence-corrected chi connectivity index (χ0v) is 17.5. The van der Waals surface area contributed by atoms with Crippen LogP contribution >= 0.6 is 0 Å². The number of piperidine rings is 2. The second-order valence-electron chi connectivity index (χ2n) is 9.02. The van der Waals surface area contributed by atoms with Crippen LogP contribution in [0.15, 0.2) is 24.3 Å². The van der Waals surface area contributed by atoms with Gasteiger partial charge in [-0.15, -0.1) is 0 Å². The van der Waals surface area contributed by atoms with Crippen molar-refractivity contribution in [2.24, 2.45) is 0 Å². The van der Waals surface area contributed by atoms with Crippen molar-refractivity contribution in [1.82, 2.24) is 15.5 Å². The number of hydrogen-bond acceptors (Lipinski definition) is 4. The van der Waals surface area contributed by atoms with Crippen molar-refractivity contribution in [2.75, 3.05) is 6.61 Å². The highest BCUT2D eigenvalue weighted by molar-refractivity contribution is 5.94. The van der Waals surface area contributed by atoms with Crippen molar-refractivity contribution in [2.45, 2.75) is 89.0 Å². The third-order valence-corrected chi connectivity index (χ3v) is 6.77. The summed E-state index contributed by atoms with van der Waals surface area (Å²) in [7, 11) is 0. The fourth-order valence-electron chi connectivity index (χ4n) is 5.28. The molecule has 4 unspecified atom stereocenters. The molecule has 0 aliphatic carbocycles. The molecular weight excluding hydrogens is 366 g/mol. The number of likely N-dealkylation sites (tertiary alicyclic amines) is 1. The van der Waals surface area contributed by atoms with Gasteiger partial charge < -0.3 is 20.3 Å². The Morgan fingerprint density at radius 1 is 1.03 bits per heavy atom. The molecule has 3 aliphatic rings. The Bertz CT molecular complexity index is 713. The Hall–Kier alpha value is -2.08. The van der Waals surface area contributed by atoms with Crippen LogP contribution in [0.1, 0.15) is 69.2 Å². The Kier molecular flexibility index (Phi) is 6.09. The van der Waals surface area contributed by atoms with Crippen LogP contribution in [0.25, 0.3) is 0 Å². The standard InChI is InChI=1S/C23H33N3O3/c1-15-4-3-5-16(2)26(15)22(27)14-29-21-10-6-17(7-11-21)23(28)25-20-12-18-8-9-19(13-20)24-18/h6-7,10-11,15-16,18-20,24H,3-5,8-9,12-14H2,1-2H3,(H,25,28). The van der Waals surface area contributed by atoms with Crippen molar-refractivity contribution < 1.29 is 14.3 Å². The van der Waals surface area contributed by atoms with Gasteiger partial charge in [-0.2, -0.15) is 0 Å². The lowest BCUT2D eigenvalue weighted by Gasteiger charge is -2.38. The van der Waals surface area contributed by atoms with Crippen LogP contribution in [0.3, 0.4) is 0 Å². The number of benzene rings is 1. The lowest BCUT2D eigenvalue weighted by atomic mass is 9.97. The Labute approximate surface area is 173 Å². The van der Waals surface area contributed by atoms with Gasteiger partial charge in [-0.1, -0.05) is 0 Å². The molecule has 3 aliphatic heterocycles. The summed E-state index contributed by atoms with van der Waals surface area (Å²) in [6.07, 6.45) is 7.75. The van der Waals surface area contributed by atoms with Crippen LogP contribution < -0.4 is 15.4 Å². The van der Waals surface area contributed by atoms with E-state index in [0.29, 0.717) is 23.4 Å². The molecule has 1 aromatic rings. The zero-order chi connectivity index (χ0) is 20.4. The van der Waals surface area contributed by atoms with Crippen molar-refractivity contribution in [3.05, 3.63) is 29.8 Å². The van der Waals surface area contributed by atoms with Crippen LogP contribution in [-0.2, 0) is 4.79 Å². The van der Waals surface area contributed by atoms with E-state index in [1.807, 2.05) is 4.90 Å². The van der Waals surface area contributed by atoms with Crippen molar-refractivity contribution in [3.63, 3.8) is 0 Å². The van der Waals surface area contributed by atoms with E-state index in [4.69, 9.17) is 4.74 Å². The molecule has 3 saturated heterocycles. The molecule has 6 heteroatoms. The molecule has 4 rings (SSSR count). The number of nitrogens with one attached hydrogen (secondary N) is 2. The summed E-state index contributed by atoms with van der Waals surface area (Å²) in [4.78, 5) is 27.1. The maximum Gasteiger partial charge on any atom is 0.260 e. The van der Waals surface area contributed by atoms with E-state index in [2.05, 4.69) is 24.5 Å². The molecule has 6 nitrogen and oxygen atoms in total. The van der Waals surface area contributed by atoms with E-state index in [1.54, 1.807) is 24.3 Å². The summed E-state index contributed by atoms with van der Waals surface area (Å²) in [6, 6.07) is 9.00. The number of carbonyl (C=O) groups excluding carboxylic acids is 2. The molecule has 0 radical (unpaired) electrons. The van der Waals surface area contributed by atoms with Crippen LogP contribution in [0, 0.1) is 0 Å². The maximum absolute atomic E-state index is 12.6. The highest BCUT2D eigenvalue weighted by Gasteiger charge is 2.34. The zero-order valence-electron chi connectivity index (χ0n) is 17.5. The van der Waals surface area contributed by atoms with Gasteiger partial charge in [0.1, 0.15) is 5.75 Å². The van der Waals surface area contributed by atoms with Gasteiger partial charge in [-0.05, 0) is 83.1 Å². The average molecular weight is 400 g/mol. The first kappa shape index (κ1) is 20.2. The maximum atomic E-state index is 12.6. The molecule has 3 fully saturated rings. The fourth-order valence-corrected chi connectivity index (χ4v) is 5.28. The molecule has 0 saturated carbocycles. The van der Waals surface area contributed by atoms with Gasteiger partial charge in [0.05, 0.1) is 0 Å². The second-order valence-corrected chi connectivity index (χ2v) is 9.02.